The minimum absolute atomic E-state index is 0.102. The fourth-order valence-corrected chi connectivity index (χ4v) is 3.93. The number of hydrogen-bond donors (Lipinski definition) is 1. The number of pyridine rings is 2. The highest BCUT2D eigenvalue weighted by Crippen LogP contribution is 2.26. The summed E-state index contributed by atoms with van der Waals surface area (Å²) in [5.74, 6) is 1.00. The Balaban J connectivity index is 1.86. The summed E-state index contributed by atoms with van der Waals surface area (Å²) in [6.07, 6.45) is 4.45. The summed E-state index contributed by atoms with van der Waals surface area (Å²) in [5.41, 5.74) is 1.22. The molecule has 1 aliphatic rings. The summed E-state index contributed by atoms with van der Waals surface area (Å²) in [5, 5.41) is 4.46. The topological polar surface area (TPSA) is 54.9 Å². The van der Waals surface area contributed by atoms with Crippen LogP contribution in [0.4, 0.5) is 0 Å². The number of carbonyl (C=O) groups excluding carboxylic acids is 1. The van der Waals surface area contributed by atoms with Gasteiger partial charge in [0.05, 0.1) is 9.99 Å². The van der Waals surface area contributed by atoms with Crippen LogP contribution in [-0.2, 0) is 0 Å². The van der Waals surface area contributed by atoms with Gasteiger partial charge in [0, 0.05) is 29.1 Å². The number of carbonyl (C=O) groups is 1. The van der Waals surface area contributed by atoms with Gasteiger partial charge in [0.15, 0.2) is 0 Å². The fourth-order valence-electron chi connectivity index (χ4n) is 2.30. The van der Waals surface area contributed by atoms with Crippen molar-refractivity contribution in [2.24, 2.45) is 0 Å². The van der Waals surface area contributed by atoms with E-state index in [1.54, 1.807) is 18.5 Å². The average molecular weight is 352 g/mol. The lowest BCUT2D eigenvalue weighted by Gasteiger charge is -2.16. The van der Waals surface area contributed by atoms with Crippen molar-refractivity contribution in [3.8, 4) is 0 Å². The molecule has 3 rings (SSSR count). The van der Waals surface area contributed by atoms with Crippen molar-refractivity contribution in [3.63, 3.8) is 0 Å². The number of rotatable bonds is 2. The van der Waals surface area contributed by atoms with Gasteiger partial charge in [-0.1, -0.05) is 6.92 Å². The Labute approximate surface area is 129 Å². The molecule has 104 valence electrons. The molecule has 2 atom stereocenters. The normalized spacial score (nSPS) is 22.1. The van der Waals surface area contributed by atoms with Crippen molar-refractivity contribution >= 4 is 44.5 Å². The van der Waals surface area contributed by atoms with Gasteiger partial charge in [-0.3, -0.25) is 9.78 Å². The van der Waals surface area contributed by atoms with E-state index in [2.05, 4.69) is 38.1 Å². The van der Waals surface area contributed by atoms with Gasteiger partial charge in [0.2, 0.25) is 0 Å². The molecule has 0 bridgehead atoms. The summed E-state index contributed by atoms with van der Waals surface area (Å²) >= 11 is 5.31. The Morgan fingerprint density at radius 3 is 3.05 bits per heavy atom. The zero-order chi connectivity index (χ0) is 14.1. The molecule has 1 amide bonds. The molecule has 0 saturated carbocycles. The molecule has 4 nitrogen and oxygen atoms in total. The minimum atomic E-state index is -0.102. The van der Waals surface area contributed by atoms with Crippen LogP contribution in [0.2, 0.25) is 0 Å². The zero-order valence-corrected chi connectivity index (χ0v) is 13.4. The summed E-state index contributed by atoms with van der Waals surface area (Å²) in [6, 6.07) is 3.87. The zero-order valence-electron chi connectivity index (χ0n) is 11.0. The van der Waals surface area contributed by atoms with E-state index in [1.165, 1.54) is 0 Å². The number of halogens is 1. The van der Waals surface area contributed by atoms with E-state index < -0.39 is 0 Å². The van der Waals surface area contributed by atoms with Crippen molar-refractivity contribution in [3.05, 3.63) is 34.7 Å². The Morgan fingerprint density at radius 2 is 2.30 bits per heavy atom. The SMILES string of the molecule is CC1SCCC1NC(=O)c1ccc2cncc(Br)c2n1. The van der Waals surface area contributed by atoms with E-state index in [0.29, 0.717) is 10.9 Å². The minimum Gasteiger partial charge on any atom is -0.347 e. The van der Waals surface area contributed by atoms with Crippen LogP contribution in [0.15, 0.2) is 29.0 Å². The van der Waals surface area contributed by atoms with E-state index in [1.807, 2.05) is 17.8 Å². The van der Waals surface area contributed by atoms with Crippen molar-refractivity contribution in [2.75, 3.05) is 5.75 Å². The molecular weight excluding hydrogens is 338 g/mol. The van der Waals surface area contributed by atoms with Gasteiger partial charge in [-0.2, -0.15) is 11.8 Å². The standard InChI is InChI=1S/C14H14BrN3OS/c1-8-11(4-5-20-8)18-14(19)12-3-2-9-6-16-7-10(15)13(9)17-12/h2-3,6-8,11H,4-5H2,1H3,(H,18,19). The van der Waals surface area contributed by atoms with Crippen LogP contribution in [0, 0.1) is 0 Å². The van der Waals surface area contributed by atoms with Gasteiger partial charge in [-0.05, 0) is 40.2 Å². The molecule has 1 N–H and O–H groups in total. The second kappa shape index (κ2) is 5.69. The quantitative estimate of drug-likeness (QED) is 0.903. The van der Waals surface area contributed by atoms with Crippen LogP contribution < -0.4 is 5.32 Å². The van der Waals surface area contributed by atoms with Crippen LogP contribution in [0.25, 0.3) is 10.9 Å². The molecule has 2 aromatic rings. The van der Waals surface area contributed by atoms with Gasteiger partial charge < -0.3 is 5.32 Å². The maximum Gasteiger partial charge on any atom is 0.270 e. The summed E-state index contributed by atoms with van der Waals surface area (Å²) in [6.45, 7) is 2.15. The third kappa shape index (κ3) is 2.67. The van der Waals surface area contributed by atoms with Gasteiger partial charge in [0.1, 0.15) is 5.69 Å². The lowest BCUT2D eigenvalue weighted by atomic mass is 10.1. The van der Waals surface area contributed by atoms with Crippen LogP contribution >= 0.6 is 27.7 Å². The van der Waals surface area contributed by atoms with Gasteiger partial charge in [0.25, 0.3) is 5.91 Å². The monoisotopic (exact) mass is 351 g/mol. The third-order valence-electron chi connectivity index (χ3n) is 3.48. The molecule has 3 heterocycles. The Morgan fingerprint density at radius 1 is 1.45 bits per heavy atom. The number of aromatic nitrogens is 2. The molecule has 0 spiro atoms. The van der Waals surface area contributed by atoms with Gasteiger partial charge in [-0.15, -0.1) is 0 Å². The van der Waals surface area contributed by atoms with E-state index in [9.17, 15) is 4.79 Å². The molecule has 2 aromatic heterocycles. The summed E-state index contributed by atoms with van der Waals surface area (Å²) < 4.78 is 0.800. The molecule has 0 radical (unpaired) electrons. The van der Waals surface area contributed by atoms with Crippen LogP contribution in [0.1, 0.15) is 23.8 Å². The maximum absolute atomic E-state index is 12.3. The number of amides is 1. The molecule has 20 heavy (non-hydrogen) atoms. The predicted octanol–water partition coefficient (Wildman–Crippen LogP) is 3.02. The first-order chi connectivity index (χ1) is 9.65. The molecular formula is C14H14BrN3OS. The highest BCUT2D eigenvalue weighted by molar-refractivity contribution is 9.10. The maximum atomic E-state index is 12.3. The Bertz CT molecular complexity index is 664. The van der Waals surface area contributed by atoms with Crippen LogP contribution in [0.5, 0.6) is 0 Å². The number of thioether (sulfide) groups is 1. The van der Waals surface area contributed by atoms with Gasteiger partial charge >= 0.3 is 0 Å². The second-order valence-electron chi connectivity index (χ2n) is 4.83. The lowest BCUT2D eigenvalue weighted by Crippen LogP contribution is -2.38. The first-order valence-corrected chi connectivity index (χ1v) is 8.32. The first kappa shape index (κ1) is 13.8. The molecule has 1 aliphatic heterocycles. The largest absolute Gasteiger partial charge is 0.347 e. The van der Waals surface area contributed by atoms with Crippen molar-refractivity contribution in [1.29, 1.82) is 0 Å². The van der Waals surface area contributed by atoms with Crippen molar-refractivity contribution in [2.45, 2.75) is 24.6 Å². The highest BCUT2D eigenvalue weighted by Gasteiger charge is 2.26. The highest BCUT2D eigenvalue weighted by atomic mass is 79.9. The summed E-state index contributed by atoms with van der Waals surface area (Å²) in [7, 11) is 0. The summed E-state index contributed by atoms with van der Waals surface area (Å²) in [4.78, 5) is 20.8. The van der Waals surface area contributed by atoms with E-state index in [0.717, 1.165) is 27.5 Å². The van der Waals surface area contributed by atoms with Crippen LogP contribution in [-0.4, -0.2) is 32.9 Å². The van der Waals surface area contributed by atoms with Gasteiger partial charge in [-0.25, -0.2) is 4.98 Å². The molecule has 2 unspecified atom stereocenters. The molecule has 0 aliphatic carbocycles. The van der Waals surface area contributed by atoms with Crippen molar-refractivity contribution < 1.29 is 4.79 Å². The molecule has 0 aromatic carbocycles. The Hall–Kier alpha value is -1.14. The Kier molecular flexibility index (Phi) is 3.94. The third-order valence-corrected chi connectivity index (χ3v) is 5.39. The molecule has 1 fully saturated rings. The number of fused-ring (bicyclic) bond motifs is 1. The number of hydrogen-bond acceptors (Lipinski definition) is 4. The smallest absolute Gasteiger partial charge is 0.270 e. The van der Waals surface area contributed by atoms with Crippen LogP contribution in [0.3, 0.4) is 0 Å². The lowest BCUT2D eigenvalue weighted by molar-refractivity contribution is 0.0932. The van der Waals surface area contributed by atoms with E-state index in [4.69, 9.17) is 0 Å². The number of nitrogens with zero attached hydrogens (tertiary/aromatic N) is 2. The van der Waals surface area contributed by atoms with Crippen molar-refractivity contribution in [1.82, 2.24) is 15.3 Å². The number of nitrogens with one attached hydrogen (secondary N) is 1. The molecule has 1 saturated heterocycles. The first-order valence-electron chi connectivity index (χ1n) is 6.48. The van der Waals surface area contributed by atoms with E-state index >= 15 is 0 Å². The van der Waals surface area contributed by atoms with E-state index in [-0.39, 0.29) is 11.9 Å². The fraction of sp³-hybridized carbons (Fsp3) is 0.357. The average Bonchev–Trinajstić information content (AvgIpc) is 2.84. The molecule has 6 heteroatoms. The predicted molar refractivity (Wildman–Crippen MR) is 85.0 cm³/mol. The second-order valence-corrected chi connectivity index (χ2v) is 7.17.